The lowest BCUT2D eigenvalue weighted by atomic mass is 10.1. The molecular formula is C16H18N4O2. The van der Waals surface area contributed by atoms with Crippen LogP contribution in [0.4, 0.5) is 5.95 Å². The number of furan rings is 1. The van der Waals surface area contributed by atoms with E-state index >= 15 is 0 Å². The van der Waals surface area contributed by atoms with Crippen LogP contribution in [0.15, 0.2) is 35.0 Å². The molecule has 2 saturated heterocycles. The molecule has 2 aliphatic heterocycles. The fraction of sp³-hybridized carbons (Fsp3) is 0.438. The number of hydrogen-bond acceptors (Lipinski definition) is 5. The molecule has 2 atom stereocenters. The monoisotopic (exact) mass is 298 g/mol. The molecule has 0 saturated carbocycles. The minimum atomic E-state index is -0.00331. The van der Waals surface area contributed by atoms with Gasteiger partial charge in [0.15, 0.2) is 5.76 Å². The second kappa shape index (κ2) is 5.12. The average Bonchev–Trinajstić information content (AvgIpc) is 3.23. The first-order valence-electron chi connectivity index (χ1n) is 7.65. The first-order valence-corrected chi connectivity index (χ1v) is 7.65. The molecule has 0 aliphatic carbocycles. The van der Waals surface area contributed by atoms with E-state index in [1.54, 1.807) is 18.5 Å². The zero-order chi connectivity index (χ0) is 15.1. The Labute approximate surface area is 128 Å². The fourth-order valence-corrected chi connectivity index (χ4v) is 3.62. The van der Waals surface area contributed by atoms with Crippen molar-refractivity contribution < 1.29 is 9.21 Å². The molecule has 0 aromatic carbocycles. The molecule has 6 heteroatoms. The third kappa shape index (κ3) is 2.06. The van der Waals surface area contributed by atoms with Gasteiger partial charge < -0.3 is 14.2 Å². The van der Waals surface area contributed by atoms with Gasteiger partial charge in [0.25, 0.3) is 5.91 Å². The Bertz CT molecular complexity index is 684. The second-order valence-corrected chi connectivity index (χ2v) is 5.86. The molecule has 1 amide bonds. The third-order valence-corrected chi connectivity index (χ3v) is 4.60. The second-order valence-electron chi connectivity index (χ2n) is 5.86. The van der Waals surface area contributed by atoms with Crippen molar-refractivity contribution in [3.63, 3.8) is 0 Å². The maximum atomic E-state index is 12.6. The summed E-state index contributed by atoms with van der Waals surface area (Å²) in [7, 11) is 0. The van der Waals surface area contributed by atoms with Crippen LogP contribution in [-0.2, 0) is 0 Å². The van der Waals surface area contributed by atoms with E-state index in [1.807, 2.05) is 24.0 Å². The lowest BCUT2D eigenvalue weighted by Crippen LogP contribution is -2.40. The van der Waals surface area contributed by atoms with Crippen LogP contribution in [0.3, 0.4) is 0 Å². The van der Waals surface area contributed by atoms with Crippen LogP contribution in [0.2, 0.25) is 0 Å². The molecule has 2 aliphatic rings. The first-order chi connectivity index (χ1) is 10.7. The predicted octanol–water partition coefficient (Wildman–Crippen LogP) is 1.87. The lowest BCUT2D eigenvalue weighted by Gasteiger charge is -2.25. The Balaban J connectivity index is 1.54. The summed E-state index contributed by atoms with van der Waals surface area (Å²) in [6.07, 6.45) is 5.43. The van der Waals surface area contributed by atoms with Crippen molar-refractivity contribution in [2.75, 3.05) is 18.0 Å². The van der Waals surface area contributed by atoms with Crippen molar-refractivity contribution in [1.82, 2.24) is 14.9 Å². The van der Waals surface area contributed by atoms with Gasteiger partial charge in [-0.25, -0.2) is 9.97 Å². The summed E-state index contributed by atoms with van der Waals surface area (Å²) in [5.41, 5.74) is 0. The van der Waals surface area contributed by atoms with Crippen LogP contribution in [0.25, 0.3) is 0 Å². The van der Waals surface area contributed by atoms with E-state index in [0.717, 1.165) is 37.6 Å². The van der Waals surface area contributed by atoms with Crippen LogP contribution in [-0.4, -0.2) is 45.9 Å². The topological polar surface area (TPSA) is 62.5 Å². The molecule has 22 heavy (non-hydrogen) atoms. The average molecular weight is 298 g/mol. The molecular weight excluding hydrogens is 280 g/mol. The number of anilines is 1. The van der Waals surface area contributed by atoms with Gasteiger partial charge in [0, 0.05) is 25.5 Å². The molecule has 2 aromatic heterocycles. The Morgan fingerprint density at radius 1 is 1.18 bits per heavy atom. The maximum Gasteiger partial charge on any atom is 0.289 e. The van der Waals surface area contributed by atoms with Gasteiger partial charge in [-0.1, -0.05) is 0 Å². The highest BCUT2D eigenvalue weighted by atomic mass is 16.3. The number of carbonyl (C=O) groups is 1. The number of rotatable bonds is 2. The quantitative estimate of drug-likeness (QED) is 0.847. The number of aryl methyl sites for hydroxylation is 1. The van der Waals surface area contributed by atoms with Crippen molar-refractivity contribution in [2.24, 2.45) is 0 Å². The van der Waals surface area contributed by atoms with Crippen molar-refractivity contribution in [2.45, 2.75) is 31.8 Å². The maximum absolute atomic E-state index is 12.6. The minimum absolute atomic E-state index is 0.00331. The Morgan fingerprint density at radius 3 is 2.68 bits per heavy atom. The molecule has 0 spiro atoms. The SMILES string of the molecule is Cc1ccc(C(=O)N2CC[C@@H]3[C@@H]2CCN3c2ncccn2)o1. The van der Waals surface area contributed by atoms with Crippen molar-refractivity contribution >= 4 is 11.9 Å². The lowest BCUT2D eigenvalue weighted by molar-refractivity contribution is 0.0704. The highest BCUT2D eigenvalue weighted by molar-refractivity contribution is 5.92. The molecule has 0 bridgehead atoms. The number of hydrogen-bond donors (Lipinski definition) is 0. The molecule has 0 unspecified atom stereocenters. The highest BCUT2D eigenvalue weighted by Crippen LogP contribution is 2.34. The largest absolute Gasteiger partial charge is 0.456 e. The number of nitrogens with zero attached hydrogens (tertiary/aromatic N) is 4. The predicted molar refractivity (Wildman–Crippen MR) is 80.7 cm³/mol. The van der Waals surface area contributed by atoms with E-state index in [0.29, 0.717) is 11.8 Å². The molecule has 0 radical (unpaired) electrons. The van der Waals surface area contributed by atoms with E-state index in [9.17, 15) is 4.79 Å². The van der Waals surface area contributed by atoms with Gasteiger partial charge in [-0.05, 0) is 38.0 Å². The number of aromatic nitrogens is 2. The summed E-state index contributed by atoms with van der Waals surface area (Å²) < 4.78 is 5.49. The molecule has 114 valence electrons. The summed E-state index contributed by atoms with van der Waals surface area (Å²) in [6, 6.07) is 5.95. The Kier molecular flexibility index (Phi) is 3.10. The van der Waals surface area contributed by atoms with Crippen LogP contribution >= 0.6 is 0 Å². The Hall–Kier alpha value is -2.37. The summed E-state index contributed by atoms with van der Waals surface area (Å²) >= 11 is 0. The van der Waals surface area contributed by atoms with Crippen LogP contribution in [0.1, 0.15) is 29.2 Å². The summed E-state index contributed by atoms with van der Waals surface area (Å²) in [5.74, 6) is 1.96. The molecule has 4 heterocycles. The van der Waals surface area contributed by atoms with Crippen molar-refractivity contribution in [1.29, 1.82) is 0 Å². The number of fused-ring (bicyclic) bond motifs is 1. The smallest absolute Gasteiger partial charge is 0.289 e. The molecule has 2 fully saturated rings. The van der Waals surface area contributed by atoms with Gasteiger partial charge in [-0.2, -0.15) is 0 Å². The first kappa shape index (κ1) is 13.3. The fourth-order valence-electron chi connectivity index (χ4n) is 3.62. The number of carbonyl (C=O) groups excluding carboxylic acids is 1. The highest BCUT2D eigenvalue weighted by Gasteiger charge is 2.45. The van der Waals surface area contributed by atoms with Gasteiger partial charge in [-0.3, -0.25) is 4.79 Å². The zero-order valence-corrected chi connectivity index (χ0v) is 12.5. The standard InChI is InChI=1S/C16H18N4O2/c1-11-3-4-14(22-11)15(21)19-9-5-13-12(19)6-10-20(13)16-17-7-2-8-18-16/h2-4,7-8,12-13H,5-6,9-10H2,1H3/t12-,13+/m0/s1. The van der Waals surface area contributed by atoms with Gasteiger partial charge in [0.2, 0.25) is 5.95 Å². The Morgan fingerprint density at radius 2 is 1.95 bits per heavy atom. The normalized spacial score (nSPS) is 23.9. The molecule has 0 N–H and O–H groups in total. The van der Waals surface area contributed by atoms with E-state index in [-0.39, 0.29) is 11.9 Å². The van der Waals surface area contributed by atoms with Gasteiger partial charge in [-0.15, -0.1) is 0 Å². The van der Waals surface area contributed by atoms with E-state index in [1.165, 1.54) is 0 Å². The van der Waals surface area contributed by atoms with Crippen molar-refractivity contribution in [3.05, 3.63) is 42.1 Å². The van der Waals surface area contributed by atoms with Gasteiger partial charge in [0.1, 0.15) is 5.76 Å². The summed E-state index contributed by atoms with van der Waals surface area (Å²) in [4.78, 5) is 25.5. The van der Waals surface area contributed by atoms with E-state index in [4.69, 9.17) is 4.42 Å². The number of likely N-dealkylation sites (tertiary alicyclic amines) is 1. The summed E-state index contributed by atoms with van der Waals surface area (Å²) in [6.45, 7) is 3.51. The molecule has 2 aromatic rings. The van der Waals surface area contributed by atoms with Crippen LogP contribution in [0.5, 0.6) is 0 Å². The number of amides is 1. The minimum Gasteiger partial charge on any atom is -0.456 e. The van der Waals surface area contributed by atoms with Crippen molar-refractivity contribution in [3.8, 4) is 0 Å². The van der Waals surface area contributed by atoms with Crippen LogP contribution < -0.4 is 4.90 Å². The third-order valence-electron chi connectivity index (χ3n) is 4.60. The molecule has 6 nitrogen and oxygen atoms in total. The van der Waals surface area contributed by atoms with E-state index < -0.39 is 0 Å². The van der Waals surface area contributed by atoms with Gasteiger partial charge in [0.05, 0.1) is 12.1 Å². The molecule has 4 rings (SSSR count). The zero-order valence-electron chi connectivity index (χ0n) is 12.5. The van der Waals surface area contributed by atoms with E-state index in [2.05, 4.69) is 14.9 Å². The summed E-state index contributed by atoms with van der Waals surface area (Å²) in [5, 5.41) is 0. The van der Waals surface area contributed by atoms with Crippen LogP contribution in [0, 0.1) is 6.92 Å². The van der Waals surface area contributed by atoms with Gasteiger partial charge >= 0.3 is 0 Å².